The highest BCUT2D eigenvalue weighted by atomic mass is 16.2. The molecule has 1 saturated heterocycles. The fourth-order valence-electron chi connectivity index (χ4n) is 8.05. The van der Waals surface area contributed by atoms with Crippen LogP contribution in [0.3, 0.4) is 0 Å². The van der Waals surface area contributed by atoms with Gasteiger partial charge < -0.3 is 20.9 Å². The number of aryl methyl sites for hydroxylation is 2. The van der Waals surface area contributed by atoms with Gasteiger partial charge in [0, 0.05) is 36.3 Å². The first-order valence-electron chi connectivity index (χ1n) is 16.9. The number of nitrogens with zero attached hydrogens (tertiary/aromatic N) is 5. The van der Waals surface area contributed by atoms with Gasteiger partial charge in [0.1, 0.15) is 6.04 Å². The highest BCUT2D eigenvalue weighted by Gasteiger charge is 2.51. The van der Waals surface area contributed by atoms with Gasteiger partial charge in [-0.2, -0.15) is 10.5 Å². The van der Waals surface area contributed by atoms with E-state index in [1.54, 1.807) is 4.90 Å². The molecular formula is C35H43N9O3. The zero-order valence-electron chi connectivity index (χ0n) is 27.2. The first-order valence-corrected chi connectivity index (χ1v) is 16.9. The van der Waals surface area contributed by atoms with Crippen LogP contribution in [0, 0.1) is 11.3 Å². The summed E-state index contributed by atoms with van der Waals surface area (Å²) in [6.45, 7) is 5.57. The molecule has 3 amide bonds. The van der Waals surface area contributed by atoms with Gasteiger partial charge in [0.05, 0.1) is 18.0 Å². The first kappa shape index (κ1) is 32.3. The molecule has 3 aliphatic rings. The Bertz CT molecular complexity index is 1600. The lowest BCUT2D eigenvalue weighted by Gasteiger charge is -2.42. The quantitative estimate of drug-likeness (QED) is 0.263. The molecule has 1 aliphatic heterocycles. The number of nitrogens with one attached hydrogen (secondary N) is 4. The first-order chi connectivity index (χ1) is 22.8. The van der Waals surface area contributed by atoms with E-state index in [-0.39, 0.29) is 30.3 Å². The molecule has 246 valence electrons. The van der Waals surface area contributed by atoms with Gasteiger partial charge in [-0.1, -0.05) is 30.2 Å². The number of hydrogen-bond acceptors (Lipinski definition) is 8. The van der Waals surface area contributed by atoms with Crippen molar-refractivity contribution in [3.8, 4) is 6.07 Å². The van der Waals surface area contributed by atoms with Gasteiger partial charge in [0.25, 0.3) is 11.8 Å². The molecule has 0 bridgehead atoms. The average Bonchev–Trinajstić information content (AvgIpc) is 3.87. The van der Waals surface area contributed by atoms with Crippen LogP contribution in [0.4, 0.5) is 0 Å². The Balaban J connectivity index is 1.49. The number of aromatic amines is 1. The lowest BCUT2D eigenvalue weighted by Crippen LogP contribution is -2.53. The maximum absolute atomic E-state index is 13.5. The number of likely N-dealkylation sites (tertiary alicyclic amines) is 1. The number of carbonyl (C=O) groups is 3. The van der Waals surface area contributed by atoms with Crippen molar-refractivity contribution in [2.24, 2.45) is 0 Å². The number of H-pyrrole nitrogens is 1. The minimum absolute atomic E-state index is 0.0613. The number of fused-ring (bicyclic) bond motifs is 2. The fraction of sp³-hybridized carbons (Fsp3) is 0.514. The SMILES string of the molecule is CCNC(=O)c1ccc2c(c1)CCc1cc(C(=O)NCC)ccc1C2(CC1(NCC(=O)N2CCC[C@H]2C#N)CCCC1)c1nn[nH]n1. The highest BCUT2D eigenvalue weighted by molar-refractivity contribution is 5.95. The molecular weight excluding hydrogens is 594 g/mol. The van der Waals surface area contributed by atoms with Gasteiger partial charge in [0.15, 0.2) is 5.82 Å². The zero-order chi connectivity index (χ0) is 33.0. The second-order valence-corrected chi connectivity index (χ2v) is 13.0. The van der Waals surface area contributed by atoms with Gasteiger partial charge in [-0.25, -0.2) is 0 Å². The van der Waals surface area contributed by atoms with E-state index in [1.807, 2.05) is 50.2 Å². The number of rotatable bonds is 10. The van der Waals surface area contributed by atoms with E-state index in [9.17, 15) is 19.6 Å². The molecule has 2 heterocycles. The van der Waals surface area contributed by atoms with Gasteiger partial charge in [-0.05, 0) is 105 Å². The zero-order valence-corrected chi connectivity index (χ0v) is 27.2. The molecule has 2 fully saturated rings. The lowest BCUT2D eigenvalue weighted by molar-refractivity contribution is -0.130. The van der Waals surface area contributed by atoms with Crippen molar-refractivity contribution in [1.29, 1.82) is 5.26 Å². The van der Waals surface area contributed by atoms with Gasteiger partial charge in [-0.3, -0.25) is 14.4 Å². The summed E-state index contributed by atoms with van der Waals surface area (Å²) in [4.78, 5) is 41.1. The topological polar surface area (TPSA) is 169 Å². The summed E-state index contributed by atoms with van der Waals surface area (Å²) in [7, 11) is 0. The number of aromatic nitrogens is 4. The van der Waals surface area contributed by atoms with Gasteiger partial charge in [0.2, 0.25) is 5.91 Å². The van der Waals surface area contributed by atoms with Crippen molar-refractivity contribution in [1.82, 2.24) is 41.5 Å². The monoisotopic (exact) mass is 637 g/mol. The molecule has 47 heavy (non-hydrogen) atoms. The van der Waals surface area contributed by atoms with Crippen molar-refractivity contribution in [2.45, 2.75) is 88.6 Å². The molecule has 3 aromatic rings. The fourth-order valence-corrected chi connectivity index (χ4v) is 8.05. The minimum Gasteiger partial charge on any atom is -0.352 e. The Kier molecular flexibility index (Phi) is 9.36. The largest absolute Gasteiger partial charge is 0.352 e. The number of tetrazole rings is 1. The van der Waals surface area contributed by atoms with Crippen LogP contribution in [-0.4, -0.2) is 81.0 Å². The average molecular weight is 638 g/mol. The van der Waals surface area contributed by atoms with E-state index in [4.69, 9.17) is 0 Å². The molecule has 2 aliphatic carbocycles. The summed E-state index contributed by atoms with van der Waals surface area (Å²) >= 11 is 0. The van der Waals surface area contributed by atoms with Crippen LogP contribution in [0.15, 0.2) is 36.4 Å². The maximum atomic E-state index is 13.5. The molecule has 12 nitrogen and oxygen atoms in total. The third kappa shape index (κ3) is 6.12. The Morgan fingerprint density at radius 2 is 1.57 bits per heavy atom. The van der Waals surface area contributed by atoms with Crippen LogP contribution < -0.4 is 16.0 Å². The second kappa shape index (κ2) is 13.6. The lowest BCUT2D eigenvalue weighted by atomic mass is 9.64. The Morgan fingerprint density at radius 3 is 2.11 bits per heavy atom. The van der Waals surface area contributed by atoms with Crippen molar-refractivity contribution in [3.05, 3.63) is 75.6 Å². The van der Waals surface area contributed by atoms with Crippen molar-refractivity contribution in [2.75, 3.05) is 26.2 Å². The second-order valence-electron chi connectivity index (χ2n) is 13.0. The van der Waals surface area contributed by atoms with E-state index in [0.717, 1.165) is 54.4 Å². The predicted molar refractivity (Wildman–Crippen MR) is 175 cm³/mol. The Hall–Kier alpha value is -4.63. The third-order valence-corrected chi connectivity index (χ3v) is 10.2. The van der Waals surface area contributed by atoms with Crippen LogP contribution in [0.5, 0.6) is 0 Å². The van der Waals surface area contributed by atoms with Crippen LogP contribution in [0.25, 0.3) is 0 Å². The number of benzene rings is 2. The van der Waals surface area contributed by atoms with E-state index >= 15 is 0 Å². The number of amides is 3. The van der Waals surface area contributed by atoms with Crippen LogP contribution in [0.2, 0.25) is 0 Å². The Morgan fingerprint density at radius 1 is 0.957 bits per heavy atom. The molecule has 12 heteroatoms. The molecule has 2 aromatic carbocycles. The van der Waals surface area contributed by atoms with Crippen molar-refractivity contribution < 1.29 is 14.4 Å². The molecule has 4 N–H and O–H groups in total. The summed E-state index contributed by atoms with van der Waals surface area (Å²) in [6, 6.07) is 13.6. The summed E-state index contributed by atoms with van der Waals surface area (Å²) < 4.78 is 0. The summed E-state index contributed by atoms with van der Waals surface area (Å²) in [5.74, 6) is 0.173. The molecule has 6 rings (SSSR count). The molecule has 0 radical (unpaired) electrons. The van der Waals surface area contributed by atoms with E-state index in [2.05, 4.69) is 42.6 Å². The van der Waals surface area contributed by atoms with Gasteiger partial charge in [-0.15, -0.1) is 10.2 Å². The van der Waals surface area contributed by atoms with Crippen LogP contribution in [0.1, 0.15) is 108 Å². The summed E-state index contributed by atoms with van der Waals surface area (Å²) in [5, 5.41) is 35.1. The summed E-state index contributed by atoms with van der Waals surface area (Å²) in [5.41, 5.74) is 3.79. The molecule has 1 saturated carbocycles. The van der Waals surface area contributed by atoms with Crippen molar-refractivity contribution >= 4 is 17.7 Å². The van der Waals surface area contributed by atoms with E-state index in [0.29, 0.717) is 62.3 Å². The molecule has 1 atom stereocenters. The van der Waals surface area contributed by atoms with E-state index in [1.165, 1.54) is 0 Å². The molecule has 0 spiro atoms. The Labute approximate surface area is 275 Å². The molecule has 1 aromatic heterocycles. The maximum Gasteiger partial charge on any atom is 0.251 e. The number of carbonyl (C=O) groups excluding carboxylic acids is 3. The minimum atomic E-state index is -0.906. The van der Waals surface area contributed by atoms with Crippen molar-refractivity contribution in [3.63, 3.8) is 0 Å². The molecule has 0 unspecified atom stereocenters. The predicted octanol–water partition coefficient (Wildman–Crippen LogP) is 2.94. The standard InChI is InChI=1S/C35H43N9O3/c1-3-37-31(46)25-11-13-28-23(18-25)9-10-24-19-26(32(47)38-4-2)12-14-29(24)35(28,33-40-42-43-41-33)22-34(15-5-6-16-34)39-21-30(45)44-17-7-8-27(44)20-36/h11-14,18-19,27,39H,3-10,15-17,21-22H2,1-2H3,(H,37,46)(H,38,47)(H,40,41,42,43)/t27-/m0/s1. The summed E-state index contributed by atoms with van der Waals surface area (Å²) in [6.07, 6.45) is 7.07. The van der Waals surface area contributed by atoms with E-state index < -0.39 is 11.0 Å². The van der Waals surface area contributed by atoms with Crippen LogP contribution >= 0.6 is 0 Å². The third-order valence-electron chi connectivity index (χ3n) is 10.2. The number of hydrogen-bond donors (Lipinski definition) is 4. The highest BCUT2D eigenvalue weighted by Crippen LogP contribution is 2.51. The number of nitriles is 1. The van der Waals surface area contributed by atoms with Crippen LogP contribution in [-0.2, 0) is 23.1 Å². The normalized spacial score (nSPS) is 19.3. The van der Waals surface area contributed by atoms with Gasteiger partial charge >= 0.3 is 0 Å². The smallest absolute Gasteiger partial charge is 0.251 e.